The van der Waals surface area contributed by atoms with E-state index in [0.29, 0.717) is 6.54 Å². The fourth-order valence-electron chi connectivity index (χ4n) is 2.89. The Morgan fingerprint density at radius 2 is 2.11 bits per heavy atom. The molecule has 1 aliphatic rings. The summed E-state index contributed by atoms with van der Waals surface area (Å²) in [6.45, 7) is 5.57. The molecule has 1 aliphatic heterocycles. The van der Waals surface area contributed by atoms with Crippen LogP contribution >= 0.6 is 0 Å². The lowest BCUT2D eigenvalue weighted by atomic mass is 9.89. The van der Waals surface area contributed by atoms with Crippen molar-refractivity contribution in [1.82, 2.24) is 0 Å². The molecule has 19 heavy (non-hydrogen) atoms. The molecule has 1 saturated heterocycles. The molecular weight excluding hydrogens is 236 g/mol. The van der Waals surface area contributed by atoms with E-state index in [9.17, 15) is 0 Å². The molecule has 0 saturated carbocycles. The maximum absolute atomic E-state index is 6.13. The summed E-state index contributed by atoms with van der Waals surface area (Å²) in [5.74, 6) is 0. The van der Waals surface area contributed by atoms with E-state index in [2.05, 4.69) is 42.2 Å². The van der Waals surface area contributed by atoms with E-state index >= 15 is 0 Å². The first-order valence-electron chi connectivity index (χ1n) is 7.43. The van der Waals surface area contributed by atoms with E-state index in [1.807, 2.05) is 0 Å². The standard InChI is InChI=1S/C16H26N2O/c1-2-3-11-18(15-8-5-4-6-9-15)16(13-17)10-7-12-19-14-16/h4-6,8-9H,2-3,7,10-14,17H2,1H3. The van der Waals surface area contributed by atoms with Gasteiger partial charge in [0.1, 0.15) is 0 Å². The van der Waals surface area contributed by atoms with Crippen LogP contribution in [-0.4, -0.2) is 31.8 Å². The molecule has 1 atom stereocenters. The van der Waals surface area contributed by atoms with Gasteiger partial charge in [-0.15, -0.1) is 0 Å². The Kier molecular flexibility index (Phi) is 5.23. The van der Waals surface area contributed by atoms with E-state index < -0.39 is 0 Å². The van der Waals surface area contributed by atoms with Crippen LogP contribution in [0.3, 0.4) is 0 Å². The van der Waals surface area contributed by atoms with Gasteiger partial charge >= 0.3 is 0 Å². The molecule has 0 radical (unpaired) electrons. The van der Waals surface area contributed by atoms with Gasteiger partial charge in [-0.1, -0.05) is 31.5 Å². The van der Waals surface area contributed by atoms with E-state index in [0.717, 1.165) is 32.6 Å². The molecule has 1 heterocycles. The number of unbranched alkanes of at least 4 members (excludes halogenated alkanes) is 1. The normalized spacial score (nSPS) is 23.3. The average Bonchev–Trinajstić information content (AvgIpc) is 2.49. The van der Waals surface area contributed by atoms with Gasteiger partial charge in [0.05, 0.1) is 12.1 Å². The topological polar surface area (TPSA) is 38.5 Å². The van der Waals surface area contributed by atoms with Gasteiger partial charge in [-0.3, -0.25) is 0 Å². The average molecular weight is 262 g/mol. The summed E-state index contributed by atoms with van der Waals surface area (Å²) in [7, 11) is 0. The molecule has 0 amide bonds. The Morgan fingerprint density at radius 3 is 2.68 bits per heavy atom. The van der Waals surface area contributed by atoms with Crippen molar-refractivity contribution in [2.24, 2.45) is 5.73 Å². The number of hydrogen-bond acceptors (Lipinski definition) is 3. The molecule has 1 aromatic carbocycles. The van der Waals surface area contributed by atoms with Crippen molar-refractivity contribution in [3.8, 4) is 0 Å². The fourth-order valence-corrected chi connectivity index (χ4v) is 2.89. The van der Waals surface area contributed by atoms with E-state index in [1.54, 1.807) is 0 Å². The van der Waals surface area contributed by atoms with Crippen molar-refractivity contribution in [2.45, 2.75) is 38.1 Å². The van der Waals surface area contributed by atoms with Crippen LogP contribution < -0.4 is 10.6 Å². The van der Waals surface area contributed by atoms with Gasteiger partial charge in [0, 0.05) is 25.4 Å². The summed E-state index contributed by atoms with van der Waals surface area (Å²) in [6.07, 6.45) is 4.62. The Bertz CT molecular complexity index is 360. The molecule has 0 aliphatic carbocycles. The van der Waals surface area contributed by atoms with Crippen LogP contribution in [0.4, 0.5) is 5.69 Å². The first-order valence-corrected chi connectivity index (χ1v) is 7.43. The maximum Gasteiger partial charge on any atom is 0.0757 e. The summed E-state index contributed by atoms with van der Waals surface area (Å²) in [5, 5.41) is 0. The molecule has 0 aromatic heterocycles. The predicted molar refractivity (Wildman–Crippen MR) is 80.5 cm³/mol. The van der Waals surface area contributed by atoms with E-state index in [4.69, 9.17) is 10.5 Å². The zero-order valence-electron chi connectivity index (χ0n) is 12.0. The van der Waals surface area contributed by atoms with Crippen molar-refractivity contribution < 1.29 is 4.74 Å². The van der Waals surface area contributed by atoms with Gasteiger partial charge in [0.15, 0.2) is 0 Å². The quantitative estimate of drug-likeness (QED) is 0.856. The molecule has 0 bridgehead atoms. The smallest absolute Gasteiger partial charge is 0.0757 e. The summed E-state index contributed by atoms with van der Waals surface area (Å²) in [6, 6.07) is 10.6. The molecular formula is C16H26N2O. The predicted octanol–water partition coefficient (Wildman–Crippen LogP) is 2.80. The second kappa shape index (κ2) is 6.92. The number of benzene rings is 1. The summed E-state index contributed by atoms with van der Waals surface area (Å²) >= 11 is 0. The molecule has 3 nitrogen and oxygen atoms in total. The molecule has 2 rings (SSSR count). The fraction of sp³-hybridized carbons (Fsp3) is 0.625. The van der Waals surface area contributed by atoms with Crippen LogP contribution in [0.5, 0.6) is 0 Å². The van der Waals surface area contributed by atoms with Gasteiger partial charge in [0.25, 0.3) is 0 Å². The van der Waals surface area contributed by atoms with Gasteiger partial charge in [0.2, 0.25) is 0 Å². The summed E-state index contributed by atoms with van der Waals surface area (Å²) in [5.41, 5.74) is 7.38. The van der Waals surface area contributed by atoms with Gasteiger partial charge in [-0.05, 0) is 31.4 Å². The van der Waals surface area contributed by atoms with Crippen LogP contribution in [0, 0.1) is 0 Å². The molecule has 2 N–H and O–H groups in total. The van der Waals surface area contributed by atoms with Gasteiger partial charge in [-0.25, -0.2) is 0 Å². The number of nitrogens with zero attached hydrogens (tertiary/aromatic N) is 1. The van der Waals surface area contributed by atoms with Crippen molar-refractivity contribution >= 4 is 5.69 Å². The van der Waals surface area contributed by atoms with Gasteiger partial charge in [-0.2, -0.15) is 0 Å². The minimum absolute atomic E-state index is 0.0191. The molecule has 1 fully saturated rings. The van der Waals surface area contributed by atoms with Crippen LogP contribution in [-0.2, 0) is 4.74 Å². The molecule has 3 heteroatoms. The number of anilines is 1. The van der Waals surface area contributed by atoms with E-state index in [1.165, 1.54) is 18.5 Å². The lowest BCUT2D eigenvalue weighted by Gasteiger charge is -2.47. The largest absolute Gasteiger partial charge is 0.379 e. The second-order valence-corrected chi connectivity index (χ2v) is 5.43. The number of ether oxygens (including phenoxy) is 1. The molecule has 0 spiro atoms. The number of nitrogens with two attached hydrogens (primary N) is 1. The first-order chi connectivity index (χ1) is 9.32. The van der Waals surface area contributed by atoms with Crippen LogP contribution in [0.15, 0.2) is 30.3 Å². The highest BCUT2D eigenvalue weighted by Crippen LogP contribution is 2.30. The zero-order chi connectivity index (χ0) is 13.6. The Hall–Kier alpha value is -1.06. The lowest BCUT2D eigenvalue weighted by molar-refractivity contribution is 0.0373. The Morgan fingerprint density at radius 1 is 1.32 bits per heavy atom. The zero-order valence-corrected chi connectivity index (χ0v) is 12.0. The Balaban J connectivity index is 2.24. The second-order valence-electron chi connectivity index (χ2n) is 5.43. The highest BCUT2D eigenvalue weighted by atomic mass is 16.5. The van der Waals surface area contributed by atoms with Crippen molar-refractivity contribution in [3.05, 3.63) is 30.3 Å². The Labute approximate surface area is 116 Å². The number of para-hydroxylation sites is 1. The summed E-state index contributed by atoms with van der Waals surface area (Å²) in [4.78, 5) is 2.48. The highest BCUT2D eigenvalue weighted by molar-refractivity contribution is 5.49. The number of rotatable bonds is 6. The third-order valence-corrected chi connectivity index (χ3v) is 4.06. The van der Waals surface area contributed by atoms with Crippen molar-refractivity contribution in [1.29, 1.82) is 0 Å². The minimum Gasteiger partial charge on any atom is -0.379 e. The SMILES string of the molecule is CCCCN(c1ccccc1)C1(CN)CCCOC1. The molecule has 1 aromatic rings. The maximum atomic E-state index is 6.13. The van der Waals surface area contributed by atoms with Crippen LogP contribution in [0.2, 0.25) is 0 Å². The van der Waals surface area contributed by atoms with Crippen molar-refractivity contribution in [3.63, 3.8) is 0 Å². The third-order valence-electron chi connectivity index (χ3n) is 4.06. The van der Waals surface area contributed by atoms with Gasteiger partial charge < -0.3 is 15.4 Å². The monoisotopic (exact) mass is 262 g/mol. The first kappa shape index (κ1) is 14.4. The number of hydrogen-bond donors (Lipinski definition) is 1. The molecule has 1 unspecified atom stereocenters. The van der Waals surface area contributed by atoms with Crippen molar-refractivity contribution in [2.75, 3.05) is 31.2 Å². The van der Waals surface area contributed by atoms with E-state index in [-0.39, 0.29) is 5.54 Å². The highest BCUT2D eigenvalue weighted by Gasteiger charge is 2.37. The molecule has 106 valence electrons. The van der Waals surface area contributed by atoms with Crippen LogP contribution in [0.25, 0.3) is 0 Å². The summed E-state index contributed by atoms with van der Waals surface area (Å²) < 4.78 is 5.74. The van der Waals surface area contributed by atoms with Crippen LogP contribution in [0.1, 0.15) is 32.6 Å². The lowest BCUT2D eigenvalue weighted by Crippen LogP contribution is -2.59. The third kappa shape index (κ3) is 3.28. The minimum atomic E-state index is -0.0191.